The van der Waals surface area contributed by atoms with E-state index < -0.39 is 0 Å². The first kappa shape index (κ1) is 12.1. The molecule has 2 aliphatic heterocycles. The summed E-state index contributed by atoms with van der Waals surface area (Å²) in [7, 11) is 0. The Bertz CT molecular complexity index is 414. The van der Waals surface area contributed by atoms with E-state index in [0.717, 1.165) is 36.2 Å². The van der Waals surface area contributed by atoms with Gasteiger partial charge in [-0.05, 0) is 31.4 Å². The van der Waals surface area contributed by atoms with E-state index in [1.54, 1.807) is 0 Å². The third kappa shape index (κ3) is 2.90. The molecule has 0 radical (unpaired) electrons. The van der Waals surface area contributed by atoms with Gasteiger partial charge in [0.15, 0.2) is 0 Å². The third-order valence-electron chi connectivity index (χ3n) is 3.45. The molecule has 1 unspecified atom stereocenters. The predicted molar refractivity (Wildman–Crippen MR) is 72.8 cm³/mol. The topological polar surface area (TPSA) is 25.0 Å². The van der Waals surface area contributed by atoms with Gasteiger partial charge in [-0.3, -0.25) is 0 Å². The lowest BCUT2D eigenvalue weighted by atomic mass is 10.1. The van der Waals surface area contributed by atoms with Crippen molar-refractivity contribution in [1.82, 2.24) is 0 Å². The van der Waals surface area contributed by atoms with Crippen molar-refractivity contribution >= 4 is 17.3 Å². The molecule has 0 saturated carbocycles. The van der Waals surface area contributed by atoms with Crippen LogP contribution in [0, 0.1) is 0 Å². The van der Waals surface area contributed by atoms with Crippen LogP contribution in [0.3, 0.4) is 0 Å². The van der Waals surface area contributed by atoms with E-state index in [0.29, 0.717) is 6.61 Å². The van der Waals surface area contributed by atoms with Crippen molar-refractivity contribution in [3.8, 4) is 5.75 Å². The standard InChI is InChI=1S/C14H18ClNO2/c15-13-8-11(17-9-12-10-18-12)4-5-14(13)16-6-2-1-3-7-16/h4-5,8,12H,1-3,6-7,9-10H2. The molecule has 0 bridgehead atoms. The van der Waals surface area contributed by atoms with Crippen molar-refractivity contribution in [2.45, 2.75) is 25.4 Å². The minimum absolute atomic E-state index is 0.283. The molecule has 1 aromatic carbocycles. The van der Waals surface area contributed by atoms with Gasteiger partial charge in [0.2, 0.25) is 0 Å². The molecule has 0 N–H and O–H groups in total. The Hall–Kier alpha value is -0.930. The maximum Gasteiger partial charge on any atom is 0.121 e. The van der Waals surface area contributed by atoms with Crippen LogP contribution in [0.2, 0.25) is 5.02 Å². The summed E-state index contributed by atoms with van der Waals surface area (Å²) in [5.74, 6) is 0.830. The smallest absolute Gasteiger partial charge is 0.121 e. The molecule has 0 aliphatic carbocycles. The Kier molecular flexibility index (Phi) is 3.62. The van der Waals surface area contributed by atoms with E-state index in [1.807, 2.05) is 12.1 Å². The summed E-state index contributed by atoms with van der Waals surface area (Å²) in [6, 6.07) is 5.98. The lowest BCUT2D eigenvalue weighted by Crippen LogP contribution is -2.29. The fourth-order valence-corrected chi connectivity index (χ4v) is 2.61. The molecule has 3 rings (SSSR count). The van der Waals surface area contributed by atoms with Crippen LogP contribution >= 0.6 is 11.6 Å². The van der Waals surface area contributed by atoms with Crippen molar-refractivity contribution in [3.05, 3.63) is 23.2 Å². The quantitative estimate of drug-likeness (QED) is 0.784. The summed E-state index contributed by atoms with van der Waals surface area (Å²) >= 11 is 6.34. The van der Waals surface area contributed by atoms with Crippen LogP contribution in [0.5, 0.6) is 5.75 Å². The van der Waals surface area contributed by atoms with Crippen molar-refractivity contribution < 1.29 is 9.47 Å². The van der Waals surface area contributed by atoms with Gasteiger partial charge < -0.3 is 14.4 Å². The second-order valence-corrected chi connectivity index (χ2v) is 5.33. The molecule has 0 spiro atoms. The van der Waals surface area contributed by atoms with Crippen LogP contribution in [-0.2, 0) is 4.74 Å². The zero-order valence-electron chi connectivity index (χ0n) is 10.4. The zero-order valence-corrected chi connectivity index (χ0v) is 11.2. The van der Waals surface area contributed by atoms with Gasteiger partial charge >= 0.3 is 0 Å². The molecule has 1 aromatic rings. The largest absolute Gasteiger partial charge is 0.491 e. The SMILES string of the molecule is Clc1cc(OCC2CO2)ccc1N1CCCCC1. The minimum Gasteiger partial charge on any atom is -0.491 e. The first-order valence-corrected chi connectivity index (χ1v) is 6.99. The Balaban J connectivity index is 1.66. The molecule has 2 aliphatic rings. The highest BCUT2D eigenvalue weighted by Crippen LogP contribution is 2.31. The highest BCUT2D eigenvalue weighted by molar-refractivity contribution is 6.33. The normalized spacial score (nSPS) is 22.9. The van der Waals surface area contributed by atoms with Crippen molar-refractivity contribution in [1.29, 1.82) is 0 Å². The van der Waals surface area contributed by atoms with Crippen LogP contribution in [0.25, 0.3) is 0 Å². The number of anilines is 1. The molecule has 2 fully saturated rings. The number of benzene rings is 1. The lowest BCUT2D eigenvalue weighted by molar-refractivity contribution is 0.263. The van der Waals surface area contributed by atoms with Gasteiger partial charge in [0.05, 0.1) is 17.3 Å². The van der Waals surface area contributed by atoms with Gasteiger partial charge in [0.1, 0.15) is 18.5 Å². The van der Waals surface area contributed by atoms with E-state index in [-0.39, 0.29) is 6.10 Å². The molecule has 2 heterocycles. The van der Waals surface area contributed by atoms with Crippen molar-refractivity contribution in [3.63, 3.8) is 0 Å². The van der Waals surface area contributed by atoms with Crippen LogP contribution in [-0.4, -0.2) is 32.4 Å². The number of rotatable bonds is 4. The van der Waals surface area contributed by atoms with Crippen LogP contribution in [0.4, 0.5) is 5.69 Å². The Morgan fingerprint density at radius 2 is 2.06 bits per heavy atom. The van der Waals surface area contributed by atoms with E-state index in [1.165, 1.54) is 19.3 Å². The molecule has 98 valence electrons. The van der Waals surface area contributed by atoms with E-state index >= 15 is 0 Å². The number of nitrogens with zero attached hydrogens (tertiary/aromatic N) is 1. The highest BCUT2D eigenvalue weighted by Gasteiger charge is 2.23. The fraction of sp³-hybridized carbons (Fsp3) is 0.571. The molecule has 4 heteroatoms. The molecule has 2 saturated heterocycles. The number of hydrogen-bond acceptors (Lipinski definition) is 3. The monoisotopic (exact) mass is 267 g/mol. The Morgan fingerprint density at radius 3 is 2.72 bits per heavy atom. The first-order chi connectivity index (χ1) is 8.83. The number of hydrogen-bond donors (Lipinski definition) is 0. The second-order valence-electron chi connectivity index (χ2n) is 4.93. The van der Waals surface area contributed by atoms with Gasteiger partial charge in [0.25, 0.3) is 0 Å². The summed E-state index contributed by atoms with van der Waals surface area (Å²) in [5.41, 5.74) is 1.13. The maximum absolute atomic E-state index is 6.34. The Morgan fingerprint density at radius 1 is 1.28 bits per heavy atom. The second kappa shape index (κ2) is 5.37. The van der Waals surface area contributed by atoms with Crippen molar-refractivity contribution in [2.75, 3.05) is 31.2 Å². The fourth-order valence-electron chi connectivity index (χ4n) is 2.32. The predicted octanol–water partition coefficient (Wildman–Crippen LogP) is 3.11. The van der Waals surface area contributed by atoms with Gasteiger partial charge in [-0.15, -0.1) is 0 Å². The average molecular weight is 268 g/mol. The molecule has 1 atom stereocenters. The van der Waals surface area contributed by atoms with Crippen molar-refractivity contribution in [2.24, 2.45) is 0 Å². The summed E-state index contributed by atoms with van der Waals surface area (Å²) in [6.07, 6.45) is 4.13. The van der Waals surface area contributed by atoms with Gasteiger partial charge in [-0.2, -0.15) is 0 Å². The average Bonchev–Trinajstić information content (AvgIpc) is 3.21. The molecule has 18 heavy (non-hydrogen) atoms. The number of piperidine rings is 1. The number of halogens is 1. The van der Waals surface area contributed by atoms with Crippen LogP contribution in [0.15, 0.2) is 18.2 Å². The number of epoxide rings is 1. The summed E-state index contributed by atoms with van der Waals surface area (Å²) in [5, 5.41) is 0.783. The van der Waals surface area contributed by atoms with Gasteiger partial charge in [0, 0.05) is 19.2 Å². The molecule has 3 nitrogen and oxygen atoms in total. The van der Waals surface area contributed by atoms with E-state index in [9.17, 15) is 0 Å². The van der Waals surface area contributed by atoms with E-state index in [4.69, 9.17) is 21.1 Å². The van der Waals surface area contributed by atoms with Crippen LogP contribution in [0.1, 0.15) is 19.3 Å². The Labute approximate surface area is 113 Å². The third-order valence-corrected chi connectivity index (χ3v) is 3.76. The molecule has 0 amide bonds. The minimum atomic E-state index is 0.283. The number of ether oxygens (including phenoxy) is 2. The summed E-state index contributed by atoms with van der Waals surface area (Å²) < 4.78 is 10.7. The molecular formula is C14H18ClNO2. The molecule has 0 aromatic heterocycles. The summed E-state index contributed by atoms with van der Waals surface area (Å²) in [4.78, 5) is 2.36. The van der Waals surface area contributed by atoms with E-state index in [2.05, 4.69) is 11.0 Å². The van der Waals surface area contributed by atoms with Gasteiger partial charge in [-0.25, -0.2) is 0 Å². The summed E-state index contributed by atoms with van der Waals surface area (Å²) in [6.45, 7) is 3.66. The van der Waals surface area contributed by atoms with Crippen LogP contribution < -0.4 is 9.64 Å². The first-order valence-electron chi connectivity index (χ1n) is 6.62. The lowest BCUT2D eigenvalue weighted by Gasteiger charge is -2.29. The highest BCUT2D eigenvalue weighted by atomic mass is 35.5. The van der Waals surface area contributed by atoms with Gasteiger partial charge in [-0.1, -0.05) is 11.6 Å². The maximum atomic E-state index is 6.34. The zero-order chi connectivity index (χ0) is 12.4. The molecular weight excluding hydrogens is 250 g/mol.